The fraction of sp³-hybridized carbons (Fsp3) is 0.579. The van der Waals surface area contributed by atoms with E-state index in [-0.39, 0.29) is 24.3 Å². The van der Waals surface area contributed by atoms with Crippen LogP contribution in [-0.4, -0.2) is 68.1 Å². The first-order chi connectivity index (χ1) is 12.1. The number of ether oxygens (including phenoxy) is 1. The van der Waals surface area contributed by atoms with Crippen molar-refractivity contribution >= 4 is 11.9 Å². The summed E-state index contributed by atoms with van der Waals surface area (Å²) >= 11 is 0. The highest BCUT2D eigenvalue weighted by atomic mass is 16.5. The van der Waals surface area contributed by atoms with Crippen LogP contribution < -0.4 is 5.32 Å². The lowest BCUT2D eigenvalue weighted by molar-refractivity contribution is -0.141. The Morgan fingerprint density at radius 1 is 1.12 bits per heavy atom. The van der Waals surface area contributed by atoms with Gasteiger partial charge >= 0.3 is 5.97 Å². The number of hydrogen-bond donors (Lipinski definition) is 1. The SMILES string of the molecule is CCN1CCN(CCC(=O)NC(CC(=O)OC)c2ccccc2)CC1. The Hall–Kier alpha value is -1.92. The van der Waals surface area contributed by atoms with Gasteiger partial charge in [0.2, 0.25) is 5.91 Å². The van der Waals surface area contributed by atoms with Gasteiger partial charge in [-0.3, -0.25) is 9.59 Å². The van der Waals surface area contributed by atoms with E-state index in [9.17, 15) is 9.59 Å². The second-order valence-electron chi connectivity index (χ2n) is 6.34. The van der Waals surface area contributed by atoms with Crippen molar-refractivity contribution in [1.82, 2.24) is 15.1 Å². The molecule has 0 saturated carbocycles. The van der Waals surface area contributed by atoms with Crippen LogP contribution in [0.4, 0.5) is 0 Å². The van der Waals surface area contributed by atoms with Gasteiger partial charge in [0.05, 0.1) is 19.6 Å². The molecule has 0 radical (unpaired) electrons. The van der Waals surface area contributed by atoms with Gasteiger partial charge in [0.25, 0.3) is 0 Å². The summed E-state index contributed by atoms with van der Waals surface area (Å²) in [5.41, 5.74) is 0.915. The Morgan fingerprint density at radius 3 is 2.36 bits per heavy atom. The number of methoxy groups -OCH3 is 1. The van der Waals surface area contributed by atoms with Crippen molar-refractivity contribution in [2.24, 2.45) is 0 Å². The van der Waals surface area contributed by atoms with Gasteiger partial charge in [-0.2, -0.15) is 0 Å². The maximum atomic E-state index is 12.4. The zero-order valence-electron chi connectivity index (χ0n) is 15.2. The number of benzene rings is 1. The molecule has 6 heteroatoms. The Balaban J connectivity index is 1.83. The van der Waals surface area contributed by atoms with Crippen LogP contribution >= 0.6 is 0 Å². The molecule has 1 N–H and O–H groups in total. The molecule has 1 amide bonds. The van der Waals surface area contributed by atoms with E-state index in [2.05, 4.69) is 22.0 Å². The van der Waals surface area contributed by atoms with Crippen LogP contribution in [0.15, 0.2) is 30.3 Å². The zero-order valence-corrected chi connectivity index (χ0v) is 15.2. The molecule has 1 unspecified atom stereocenters. The molecule has 1 aliphatic heterocycles. The Kier molecular flexibility index (Phi) is 7.88. The summed E-state index contributed by atoms with van der Waals surface area (Å²) in [5, 5.41) is 2.98. The van der Waals surface area contributed by atoms with E-state index in [4.69, 9.17) is 4.74 Å². The predicted octanol–water partition coefficient (Wildman–Crippen LogP) is 1.43. The molecule has 1 heterocycles. The van der Waals surface area contributed by atoms with Crippen molar-refractivity contribution in [1.29, 1.82) is 0 Å². The summed E-state index contributed by atoms with van der Waals surface area (Å²) < 4.78 is 4.76. The highest BCUT2D eigenvalue weighted by Gasteiger charge is 2.20. The second-order valence-corrected chi connectivity index (χ2v) is 6.34. The van der Waals surface area contributed by atoms with E-state index < -0.39 is 0 Å². The Labute approximate surface area is 150 Å². The lowest BCUT2D eigenvalue weighted by Crippen LogP contribution is -2.47. The van der Waals surface area contributed by atoms with Crippen molar-refractivity contribution in [3.63, 3.8) is 0 Å². The van der Waals surface area contributed by atoms with Gasteiger partial charge in [0.1, 0.15) is 0 Å². The van der Waals surface area contributed by atoms with E-state index >= 15 is 0 Å². The van der Waals surface area contributed by atoms with Crippen molar-refractivity contribution in [2.75, 3.05) is 46.4 Å². The molecule has 1 saturated heterocycles. The molecule has 1 aromatic rings. The first kappa shape index (κ1) is 19.4. The summed E-state index contributed by atoms with van der Waals surface area (Å²) in [7, 11) is 1.36. The van der Waals surface area contributed by atoms with Crippen molar-refractivity contribution in [3.8, 4) is 0 Å². The molecular formula is C19H29N3O3. The molecule has 138 valence electrons. The number of amides is 1. The number of nitrogens with zero attached hydrogens (tertiary/aromatic N) is 2. The highest BCUT2D eigenvalue weighted by Crippen LogP contribution is 2.17. The number of likely N-dealkylation sites (N-methyl/N-ethyl adjacent to an activating group) is 1. The Morgan fingerprint density at radius 2 is 1.76 bits per heavy atom. The van der Waals surface area contributed by atoms with Crippen molar-refractivity contribution in [2.45, 2.75) is 25.8 Å². The quantitative estimate of drug-likeness (QED) is 0.721. The number of carbonyl (C=O) groups excluding carboxylic acids is 2. The average Bonchev–Trinajstić information content (AvgIpc) is 2.66. The van der Waals surface area contributed by atoms with Crippen LogP contribution in [0.3, 0.4) is 0 Å². The van der Waals surface area contributed by atoms with Gasteiger partial charge in [0, 0.05) is 39.1 Å². The minimum absolute atomic E-state index is 0.0318. The number of nitrogens with one attached hydrogen (secondary N) is 1. The fourth-order valence-electron chi connectivity index (χ4n) is 3.04. The summed E-state index contributed by atoms with van der Waals surface area (Å²) in [6.07, 6.45) is 0.581. The van der Waals surface area contributed by atoms with E-state index in [1.165, 1.54) is 7.11 Å². The van der Waals surface area contributed by atoms with Gasteiger partial charge in [-0.1, -0.05) is 37.3 Å². The second kappa shape index (κ2) is 10.2. The molecule has 0 aromatic heterocycles. The first-order valence-electron chi connectivity index (χ1n) is 8.98. The molecule has 2 rings (SSSR count). The van der Waals surface area contributed by atoms with Crippen LogP contribution in [0.25, 0.3) is 0 Å². The van der Waals surface area contributed by atoms with Crippen LogP contribution in [0.1, 0.15) is 31.4 Å². The lowest BCUT2D eigenvalue weighted by Gasteiger charge is -2.33. The Bertz CT molecular complexity index is 542. The van der Waals surface area contributed by atoms with Crippen LogP contribution in [0.2, 0.25) is 0 Å². The molecule has 6 nitrogen and oxygen atoms in total. The van der Waals surface area contributed by atoms with Gasteiger partial charge < -0.3 is 19.9 Å². The lowest BCUT2D eigenvalue weighted by atomic mass is 10.0. The molecular weight excluding hydrogens is 318 g/mol. The maximum absolute atomic E-state index is 12.4. The van der Waals surface area contributed by atoms with Crippen molar-refractivity contribution in [3.05, 3.63) is 35.9 Å². The fourth-order valence-corrected chi connectivity index (χ4v) is 3.04. The predicted molar refractivity (Wildman–Crippen MR) is 97.1 cm³/mol. The topological polar surface area (TPSA) is 61.9 Å². The van der Waals surface area contributed by atoms with E-state index in [0.717, 1.165) is 44.8 Å². The van der Waals surface area contributed by atoms with E-state index in [0.29, 0.717) is 6.42 Å². The summed E-state index contributed by atoms with van der Waals surface area (Å²) in [5.74, 6) is -0.361. The van der Waals surface area contributed by atoms with Crippen LogP contribution in [0.5, 0.6) is 0 Å². The normalized spacial score (nSPS) is 17.0. The molecule has 0 aliphatic carbocycles. The molecule has 1 aromatic carbocycles. The van der Waals surface area contributed by atoms with Crippen molar-refractivity contribution < 1.29 is 14.3 Å². The number of esters is 1. The standard InChI is InChI=1S/C19H29N3O3/c1-3-21-11-13-22(14-12-21)10-9-18(23)20-17(15-19(24)25-2)16-7-5-4-6-8-16/h4-8,17H,3,9-15H2,1-2H3,(H,20,23). The average molecular weight is 347 g/mol. The third-order valence-corrected chi connectivity index (χ3v) is 4.70. The summed E-state index contributed by atoms with van der Waals surface area (Å²) in [4.78, 5) is 28.8. The summed E-state index contributed by atoms with van der Waals surface area (Å²) in [6, 6.07) is 9.20. The van der Waals surface area contributed by atoms with Gasteiger partial charge in [-0.15, -0.1) is 0 Å². The minimum atomic E-state index is -0.349. The molecule has 1 aliphatic rings. The van der Waals surface area contributed by atoms with Gasteiger partial charge in [-0.05, 0) is 12.1 Å². The molecule has 1 atom stereocenters. The number of carbonyl (C=O) groups is 2. The monoisotopic (exact) mass is 347 g/mol. The smallest absolute Gasteiger partial charge is 0.307 e. The van der Waals surface area contributed by atoms with E-state index in [1.54, 1.807) is 0 Å². The highest BCUT2D eigenvalue weighted by molar-refractivity contribution is 5.78. The largest absolute Gasteiger partial charge is 0.469 e. The van der Waals surface area contributed by atoms with Crippen LogP contribution in [-0.2, 0) is 14.3 Å². The van der Waals surface area contributed by atoms with Crippen LogP contribution in [0, 0.1) is 0 Å². The molecule has 1 fully saturated rings. The molecule has 0 bridgehead atoms. The first-order valence-corrected chi connectivity index (χ1v) is 8.98. The minimum Gasteiger partial charge on any atom is -0.469 e. The number of hydrogen-bond acceptors (Lipinski definition) is 5. The maximum Gasteiger partial charge on any atom is 0.307 e. The molecule has 0 spiro atoms. The number of piperazine rings is 1. The molecule has 25 heavy (non-hydrogen) atoms. The third kappa shape index (κ3) is 6.48. The zero-order chi connectivity index (χ0) is 18.1. The van der Waals surface area contributed by atoms with Gasteiger partial charge in [0.15, 0.2) is 0 Å². The summed E-state index contributed by atoms with van der Waals surface area (Å²) in [6.45, 7) is 8.15. The third-order valence-electron chi connectivity index (χ3n) is 4.70. The van der Waals surface area contributed by atoms with E-state index in [1.807, 2.05) is 30.3 Å². The number of rotatable bonds is 8. The van der Waals surface area contributed by atoms with Gasteiger partial charge in [-0.25, -0.2) is 0 Å².